The fourth-order valence-electron chi connectivity index (χ4n) is 3.21. The van der Waals surface area contributed by atoms with Gasteiger partial charge in [-0.25, -0.2) is 9.97 Å². The number of hydrogen-bond acceptors (Lipinski definition) is 8. The molecule has 2 aromatic rings. The molecule has 1 aliphatic rings. The number of rotatable bonds is 3. The molecule has 0 spiro atoms. The molecular formula is C18H23N5O5. The first-order valence-corrected chi connectivity index (χ1v) is 8.69. The maximum Gasteiger partial charge on any atom is 0.298 e. The van der Waals surface area contributed by atoms with Gasteiger partial charge in [0, 0.05) is 32.8 Å². The molecule has 28 heavy (non-hydrogen) atoms. The van der Waals surface area contributed by atoms with E-state index in [1.807, 2.05) is 0 Å². The summed E-state index contributed by atoms with van der Waals surface area (Å²) in [7, 11) is 3.17. The van der Waals surface area contributed by atoms with Crippen LogP contribution >= 0.6 is 0 Å². The summed E-state index contributed by atoms with van der Waals surface area (Å²) >= 11 is 0. The summed E-state index contributed by atoms with van der Waals surface area (Å²) in [5, 5.41) is 30.9. The predicted molar refractivity (Wildman–Crippen MR) is 99.8 cm³/mol. The van der Waals surface area contributed by atoms with Gasteiger partial charge in [-0.1, -0.05) is 5.92 Å². The van der Waals surface area contributed by atoms with Crippen LogP contribution in [0.2, 0.25) is 0 Å². The second-order valence-electron chi connectivity index (χ2n) is 7.07. The Kier molecular flexibility index (Phi) is 5.27. The van der Waals surface area contributed by atoms with Crippen LogP contribution in [0.15, 0.2) is 12.5 Å². The Morgan fingerprint density at radius 1 is 1.46 bits per heavy atom. The summed E-state index contributed by atoms with van der Waals surface area (Å²) in [6, 6.07) is 0. The van der Waals surface area contributed by atoms with Crippen molar-refractivity contribution in [2.75, 3.05) is 26.4 Å². The molecule has 0 saturated carbocycles. The Bertz CT molecular complexity index is 958. The van der Waals surface area contributed by atoms with E-state index in [0.29, 0.717) is 16.6 Å². The lowest BCUT2D eigenvalue weighted by Crippen LogP contribution is -2.43. The van der Waals surface area contributed by atoms with Crippen LogP contribution in [0.1, 0.15) is 25.1 Å². The maximum atomic E-state index is 11.8. The van der Waals surface area contributed by atoms with Crippen molar-refractivity contribution in [2.45, 2.75) is 37.4 Å². The topological polar surface area (TPSA) is 147 Å². The number of anilines is 1. The molecule has 3 unspecified atom stereocenters. The van der Waals surface area contributed by atoms with E-state index >= 15 is 0 Å². The first-order valence-electron chi connectivity index (χ1n) is 8.69. The fraction of sp³-hybridized carbons (Fsp3) is 0.500. The van der Waals surface area contributed by atoms with Crippen LogP contribution in [0.3, 0.4) is 0 Å². The lowest BCUT2D eigenvalue weighted by atomic mass is 9.95. The third-order valence-corrected chi connectivity index (χ3v) is 4.77. The van der Waals surface area contributed by atoms with Crippen molar-refractivity contribution in [1.29, 1.82) is 0 Å². The van der Waals surface area contributed by atoms with Crippen LogP contribution in [0, 0.1) is 11.8 Å². The van der Waals surface area contributed by atoms with Crippen molar-refractivity contribution < 1.29 is 24.9 Å². The van der Waals surface area contributed by atoms with Crippen molar-refractivity contribution in [3.63, 3.8) is 0 Å². The number of carbonyl (C=O) groups is 1. The minimum absolute atomic E-state index is 0.161. The molecule has 1 amide bonds. The van der Waals surface area contributed by atoms with Crippen molar-refractivity contribution in [3.05, 3.63) is 18.1 Å². The highest BCUT2D eigenvalue weighted by atomic mass is 16.6. The molecule has 1 saturated heterocycles. The second-order valence-corrected chi connectivity index (χ2v) is 7.07. The van der Waals surface area contributed by atoms with Crippen molar-refractivity contribution in [2.24, 2.45) is 0 Å². The molecule has 5 N–H and O–H groups in total. The quantitative estimate of drug-likeness (QED) is 0.481. The summed E-state index contributed by atoms with van der Waals surface area (Å²) in [5.41, 5.74) is 5.07. The summed E-state index contributed by atoms with van der Waals surface area (Å²) in [4.78, 5) is 21.4. The lowest BCUT2D eigenvalue weighted by Gasteiger charge is -2.27. The molecule has 0 aromatic carbocycles. The summed E-state index contributed by atoms with van der Waals surface area (Å²) in [6.07, 6.45) is 0.00260. The zero-order valence-corrected chi connectivity index (χ0v) is 15.8. The molecule has 0 aliphatic carbocycles. The Balaban J connectivity index is 2.13. The van der Waals surface area contributed by atoms with E-state index in [0.717, 1.165) is 0 Å². The van der Waals surface area contributed by atoms with Gasteiger partial charge in [-0.2, -0.15) is 0 Å². The van der Waals surface area contributed by atoms with Gasteiger partial charge >= 0.3 is 0 Å². The first-order chi connectivity index (χ1) is 13.2. The number of nitrogen functional groups attached to an aromatic ring is 1. The molecule has 10 heteroatoms. The van der Waals surface area contributed by atoms with E-state index in [9.17, 15) is 20.1 Å². The third-order valence-electron chi connectivity index (χ3n) is 4.77. The lowest BCUT2D eigenvalue weighted by molar-refractivity contribution is -0.122. The number of fused-ring (bicyclic) bond motifs is 1. The van der Waals surface area contributed by atoms with E-state index in [-0.39, 0.29) is 24.8 Å². The van der Waals surface area contributed by atoms with Crippen molar-refractivity contribution >= 4 is 22.8 Å². The van der Waals surface area contributed by atoms with Gasteiger partial charge in [0.1, 0.15) is 29.5 Å². The highest BCUT2D eigenvalue weighted by molar-refractivity contribution is 5.97. The molecule has 0 bridgehead atoms. The largest absolute Gasteiger partial charge is 0.396 e. The number of ether oxygens (including phenoxy) is 1. The van der Waals surface area contributed by atoms with Crippen LogP contribution in [0.4, 0.5) is 5.82 Å². The minimum Gasteiger partial charge on any atom is -0.396 e. The predicted octanol–water partition coefficient (Wildman–Crippen LogP) is -1.16. The van der Waals surface area contributed by atoms with Crippen molar-refractivity contribution in [1.82, 2.24) is 19.4 Å². The van der Waals surface area contributed by atoms with Gasteiger partial charge in [-0.05, 0) is 13.3 Å². The van der Waals surface area contributed by atoms with E-state index < -0.39 is 24.0 Å². The number of aliphatic hydroxyl groups excluding tert-OH is 2. The number of amides is 1. The highest BCUT2D eigenvalue weighted by Gasteiger charge is 2.53. The molecule has 3 heterocycles. The van der Waals surface area contributed by atoms with E-state index in [4.69, 9.17) is 10.5 Å². The van der Waals surface area contributed by atoms with Crippen molar-refractivity contribution in [3.8, 4) is 11.8 Å². The molecule has 3 rings (SSSR count). The van der Waals surface area contributed by atoms with Crippen LogP contribution in [-0.4, -0.2) is 79.2 Å². The summed E-state index contributed by atoms with van der Waals surface area (Å²) < 4.78 is 7.33. The molecule has 0 radical (unpaired) electrons. The third kappa shape index (κ3) is 3.29. The molecule has 4 atom stereocenters. The number of nitrogens with zero attached hydrogens (tertiary/aromatic N) is 4. The average Bonchev–Trinajstić information content (AvgIpc) is 3.11. The second kappa shape index (κ2) is 7.37. The fourth-order valence-corrected chi connectivity index (χ4v) is 3.21. The highest BCUT2D eigenvalue weighted by Crippen LogP contribution is 2.41. The molecule has 1 fully saturated rings. The number of aliphatic hydroxyl groups is 3. The number of nitrogens with two attached hydrogens (primary N) is 1. The molecule has 2 aromatic heterocycles. The Hall–Kier alpha value is -2.71. The summed E-state index contributed by atoms with van der Waals surface area (Å²) in [5.74, 6) is 5.05. The van der Waals surface area contributed by atoms with Crippen LogP contribution < -0.4 is 5.73 Å². The Labute approximate surface area is 161 Å². The standard InChI is InChI=1S/C18H23N5O5/c1-18(27)14(26)11(6-7-24)28-17(18)23-8-10(4-5-12(25)22(2)3)13-15(19)20-9-21-16(13)23/h8-9,11,14,17,24,26-27H,6-7H2,1-3H3,(H2,19,20,21)/t11?,14?,17?,18-/m1/s1. The molecular weight excluding hydrogens is 366 g/mol. The Morgan fingerprint density at radius 2 is 2.18 bits per heavy atom. The Morgan fingerprint density at radius 3 is 2.82 bits per heavy atom. The van der Waals surface area contributed by atoms with Gasteiger partial charge in [-0.15, -0.1) is 0 Å². The van der Waals surface area contributed by atoms with E-state index in [1.165, 1.54) is 22.7 Å². The first kappa shape index (κ1) is 20.0. The summed E-state index contributed by atoms with van der Waals surface area (Å²) in [6.45, 7) is 1.24. The van der Waals surface area contributed by atoms with Gasteiger partial charge in [0.15, 0.2) is 6.23 Å². The molecule has 10 nitrogen and oxygen atoms in total. The van der Waals surface area contributed by atoms with Gasteiger partial charge in [0.2, 0.25) is 0 Å². The number of aromatic nitrogens is 3. The monoisotopic (exact) mass is 389 g/mol. The minimum atomic E-state index is -1.66. The molecule has 1 aliphatic heterocycles. The van der Waals surface area contributed by atoms with E-state index in [2.05, 4.69) is 21.8 Å². The average molecular weight is 389 g/mol. The van der Waals surface area contributed by atoms with Gasteiger partial charge in [0.05, 0.1) is 17.1 Å². The normalized spacial score (nSPS) is 26.9. The number of carbonyl (C=O) groups excluding carboxylic acids is 1. The molecule has 150 valence electrons. The van der Waals surface area contributed by atoms with Crippen LogP contribution in [-0.2, 0) is 9.53 Å². The van der Waals surface area contributed by atoms with Gasteiger partial charge in [-0.3, -0.25) is 4.79 Å². The maximum absolute atomic E-state index is 11.8. The van der Waals surface area contributed by atoms with Crippen LogP contribution in [0.5, 0.6) is 0 Å². The number of hydrogen-bond donors (Lipinski definition) is 4. The zero-order valence-electron chi connectivity index (χ0n) is 15.8. The SMILES string of the molecule is CN(C)C(=O)C#Cc1cn(C2OC(CCO)C(O)[C@@]2(C)O)c2ncnc(N)c12. The van der Waals surface area contributed by atoms with Gasteiger partial charge < -0.3 is 35.3 Å². The van der Waals surface area contributed by atoms with Gasteiger partial charge in [0.25, 0.3) is 5.91 Å². The van der Waals surface area contributed by atoms with Crippen LogP contribution in [0.25, 0.3) is 11.0 Å². The zero-order chi connectivity index (χ0) is 20.6. The van der Waals surface area contributed by atoms with E-state index in [1.54, 1.807) is 20.3 Å². The smallest absolute Gasteiger partial charge is 0.298 e.